The lowest BCUT2D eigenvalue weighted by atomic mass is 10.0. The fraction of sp³-hybridized carbons (Fsp3) is 0.435. The summed E-state index contributed by atoms with van der Waals surface area (Å²) in [5, 5.41) is 4.49. The zero-order valence-corrected chi connectivity index (χ0v) is 19.2. The van der Waals surface area contributed by atoms with Crippen LogP contribution in [0.25, 0.3) is 0 Å². The van der Waals surface area contributed by atoms with Crippen LogP contribution in [0.4, 0.5) is 4.79 Å². The van der Waals surface area contributed by atoms with Gasteiger partial charge >= 0.3 is 6.09 Å². The Morgan fingerprint density at radius 1 is 1.15 bits per heavy atom. The maximum absolute atomic E-state index is 12.5. The molecule has 2 aliphatic heterocycles. The van der Waals surface area contributed by atoms with E-state index in [-0.39, 0.29) is 43.2 Å². The van der Waals surface area contributed by atoms with E-state index in [1.165, 1.54) is 11.3 Å². The largest absolute Gasteiger partial charge is 0.497 e. The Morgan fingerprint density at radius 3 is 2.55 bits per heavy atom. The summed E-state index contributed by atoms with van der Waals surface area (Å²) < 4.78 is 16.4. The molecule has 2 fully saturated rings. The molecule has 0 radical (unpaired) electrons. The average molecular weight is 474 g/mol. The van der Waals surface area contributed by atoms with Gasteiger partial charge in [0, 0.05) is 19.1 Å². The van der Waals surface area contributed by atoms with Crippen LogP contribution in [0.5, 0.6) is 11.5 Å². The van der Waals surface area contributed by atoms with E-state index in [9.17, 15) is 14.4 Å². The minimum Gasteiger partial charge on any atom is -0.497 e. The predicted molar refractivity (Wildman–Crippen MR) is 122 cm³/mol. The topological polar surface area (TPSA) is 97.4 Å². The number of piperidine rings is 1. The minimum atomic E-state index is -0.341. The summed E-state index contributed by atoms with van der Waals surface area (Å²) in [6.07, 6.45) is 0.662. The standard InChI is InChI=1S/C23H27N3O6S/c1-30-17-4-6-18(7-5-17)31-15-19-14-26(23(29)32-19)16-8-10-25(11-9-16)21(27)13-24-22(28)20-3-2-12-33-20/h2-7,12,16,19H,8-11,13-15H2,1H3,(H,24,28). The number of cyclic esters (lactones) is 1. The van der Waals surface area contributed by atoms with Crippen LogP contribution in [0.15, 0.2) is 41.8 Å². The molecule has 3 heterocycles. The number of methoxy groups -OCH3 is 1. The van der Waals surface area contributed by atoms with Gasteiger partial charge in [-0.1, -0.05) is 6.07 Å². The monoisotopic (exact) mass is 473 g/mol. The maximum Gasteiger partial charge on any atom is 0.410 e. The van der Waals surface area contributed by atoms with Crippen LogP contribution in [0.2, 0.25) is 0 Å². The van der Waals surface area contributed by atoms with Gasteiger partial charge < -0.3 is 29.3 Å². The molecule has 1 unspecified atom stereocenters. The van der Waals surface area contributed by atoms with Gasteiger partial charge in [0.25, 0.3) is 5.91 Å². The van der Waals surface area contributed by atoms with Gasteiger partial charge in [-0.15, -0.1) is 11.3 Å². The second-order valence-electron chi connectivity index (χ2n) is 7.92. The van der Waals surface area contributed by atoms with Crippen molar-refractivity contribution in [2.24, 2.45) is 0 Å². The summed E-state index contributed by atoms with van der Waals surface area (Å²) in [6.45, 7) is 1.78. The van der Waals surface area contributed by atoms with Crippen LogP contribution in [-0.4, -0.2) is 79.7 Å². The molecule has 0 aliphatic carbocycles. The lowest BCUT2D eigenvalue weighted by Crippen LogP contribution is -2.49. The highest BCUT2D eigenvalue weighted by Gasteiger charge is 2.38. The zero-order valence-electron chi connectivity index (χ0n) is 18.4. The molecule has 0 spiro atoms. The van der Waals surface area contributed by atoms with Gasteiger partial charge in [-0.3, -0.25) is 9.59 Å². The summed E-state index contributed by atoms with van der Waals surface area (Å²) in [5.74, 6) is 1.07. The third-order valence-corrected chi connectivity index (χ3v) is 6.67. The molecule has 33 heavy (non-hydrogen) atoms. The fourth-order valence-electron chi connectivity index (χ4n) is 3.98. The second kappa shape index (κ2) is 10.6. The number of thiophene rings is 1. The smallest absolute Gasteiger partial charge is 0.410 e. The van der Waals surface area contributed by atoms with Crippen molar-refractivity contribution in [1.82, 2.24) is 15.1 Å². The van der Waals surface area contributed by atoms with Crippen molar-refractivity contribution < 1.29 is 28.6 Å². The van der Waals surface area contributed by atoms with E-state index in [1.807, 2.05) is 29.6 Å². The molecular formula is C23H27N3O6S. The summed E-state index contributed by atoms with van der Waals surface area (Å²) in [6, 6.07) is 10.8. The lowest BCUT2D eigenvalue weighted by Gasteiger charge is -2.35. The molecule has 1 aromatic carbocycles. The van der Waals surface area contributed by atoms with Gasteiger partial charge in [-0.25, -0.2) is 4.79 Å². The predicted octanol–water partition coefficient (Wildman–Crippen LogP) is 2.38. The van der Waals surface area contributed by atoms with Crippen LogP contribution in [0.3, 0.4) is 0 Å². The number of nitrogens with one attached hydrogen (secondary N) is 1. The number of benzene rings is 1. The molecule has 9 nitrogen and oxygen atoms in total. The fourth-order valence-corrected chi connectivity index (χ4v) is 4.62. The van der Waals surface area contributed by atoms with Crippen molar-refractivity contribution in [2.45, 2.75) is 25.0 Å². The molecule has 1 N–H and O–H groups in total. The molecule has 2 saturated heterocycles. The van der Waals surface area contributed by atoms with Crippen molar-refractivity contribution in [3.63, 3.8) is 0 Å². The van der Waals surface area contributed by atoms with Gasteiger partial charge in [0.1, 0.15) is 18.1 Å². The number of hydrogen-bond donors (Lipinski definition) is 1. The second-order valence-corrected chi connectivity index (χ2v) is 8.86. The number of ether oxygens (including phenoxy) is 3. The Morgan fingerprint density at radius 2 is 1.88 bits per heavy atom. The van der Waals surface area contributed by atoms with E-state index >= 15 is 0 Å². The van der Waals surface area contributed by atoms with Crippen molar-refractivity contribution in [1.29, 1.82) is 0 Å². The first-order valence-electron chi connectivity index (χ1n) is 10.9. The van der Waals surface area contributed by atoms with Crippen LogP contribution in [0.1, 0.15) is 22.5 Å². The van der Waals surface area contributed by atoms with E-state index in [0.29, 0.717) is 43.1 Å². The number of amides is 3. The van der Waals surface area contributed by atoms with Crippen LogP contribution >= 0.6 is 11.3 Å². The van der Waals surface area contributed by atoms with Crippen LogP contribution in [-0.2, 0) is 9.53 Å². The van der Waals surface area contributed by atoms with Crippen molar-refractivity contribution >= 4 is 29.2 Å². The third-order valence-electron chi connectivity index (χ3n) is 5.80. The Balaban J connectivity index is 1.19. The maximum atomic E-state index is 12.5. The lowest BCUT2D eigenvalue weighted by molar-refractivity contribution is -0.131. The highest BCUT2D eigenvalue weighted by Crippen LogP contribution is 2.24. The first-order chi connectivity index (χ1) is 16.0. The Bertz CT molecular complexity index is 957. The first kappa shape index (κ1) is 22.9. The number of nitrogens with zero attached hydrogens (tertiary/aromatic N) is 2. The van der Waals surface area contributed by atoms with Gasteiger partial charge in [0.15, 0.2) is 6.10 Å². The number of hydrogen-bond acceptors (Lipinski definition) is 7. The number of rotatable bonds is 8. The average Bonchev–Trinajstić information content (AvgIpc) is 3.51. The van der Waals surface area contributed by atoms with E-state index in [2.05, 4.69) is 5.32 Å². The molecule has 0 saturated carbocycles. The van der Waals surface area contributed by atoms with Crippen LogP contribution in [0, 0.1) is 0 Å². The molecular weight excluding hydrogens is 446 g/mol. The van der Waals surface area contributed by atoms with E-state index in [4.69, 9.17) is 14.2 Å². The minimum absolute atomic E-state index is 0.0215. The quantitative estimate of drug-likeness (QED) is 0.632. The molecule has 176 valence electrons. The third kappa shape index (κ3) is 5.75. The summed E-state index contributed by atoms with van der Waals surface area (Å²) in [7, 11) is 1.60. The SMILES string of the molecule is COc1ccc(OCC2CN(C3CCN(C(=O)CNC(=O)c4cccs4)CC3)C(=O)O2)cc1. The molecule has 2 aliphatic rings. The van der Waals surface area contributed by atoms with Crippen molar-refractivity contribution in [2.75, 3.05) is 39.9 Å². The van der Waals surface area contributed by atoms with Gasteiger partial charge in [-0.2, -0.15) is 0 Å². The Hall–Kier alpha value is -3.27. The van der Waals surface area contributed by atoms with E-state index < -0.39 is 0 Å². The summed E-state index contributed by atoms with van der Waals surface area (Å²) >= 11 is 1.34. The molecule has 10 heteroatoms. The van der Waals surface area contributed by atoms with Crippen molar-refractivity contribution in [3.05, 3.63) is 46.7 Å². The highest BCUT2D eigenvalue weighted by atomic mass is 32.1. The molecule has 4 rings (SSSR count). The number of carbonyl (C=O) groups excluding carboxylic acids is 3. The zero-order chi connectivity index (χ0) is 23.2. The molecule has 0 bridgehead atoms. The first-order valence-corrected chi connectivity index (χ1v) is 11.7. The van der Waals surface area contributed by atoms with Crippen molar-refractivity contribution in [3.8, 4) is 11.5 Å². The van der Waals surface area contributed by atoms with Crippen LogP contribution < -0.4 is 14.8 Å². The van der Waals surface area contributed by atoms with Gasteiger partial charge in [-0.05, 0) is 48.6 Å². The van der Waals surface area contributed by atoms with Gasteiger partial charge in [0.05, 0.1) is 25.1 Å². The Labute approximate surface area is 196 Å². The molecule has 1 aromatic heterocycles. The summed E-state index contributed by atoms with van der Waals surface area (Å²) in [5.41, 5.74) is 0. The molecule has 2 aromatic rings. The van der Waals surface area contributed by atoms with E-state index in [1.54, 1.807) is 29.0 Å². The van der Waals surface area contributed by atoms with Gasteiger partial charge in [0.2, 0.25) is 5.91 Å². The molecule has 1 atom stereocenters. The van der Waals surface area contributed by atoms with E-state index in [0.717, 1.165) is 5.75 Å². The number of likely N-dealkylation sites (tertiary alicyclic amines) is 1. The number of carbonyl (C=O) groups is 3. The normalized spacial score (nSPS) is 18.7. The Kier molecular flexibility index (Phi) is 7.33. The molecule has 3 amide bonds. The highest BCUT2D eigenvalue weighted by molar-refractivity contribution is 7.12. The summed E-state index contributed by atoms with van der Waals surface area (Å²) in [4.78, 5) is 40.9.